The predicted octanol–water partition coefficient (Wildman–Crippen LogP) is 10.4. The summed E-state index contributed by atoms with van der Waals surface area (Å²) >= 11 is 0. The number of benzene rings is 2. The molecule has 2 bridgehead atoms. The average molecular weight is 820 g/mol. The van der Waals surface area contributed by atoms with Gasteiger partial charge in [0, 0.05) is 61.6 Å². The molecule has 1 atom stereocenters. The lowest BCUT2D eigenvalue weighted by molar-refractivity contribution is -0.385. The molecule has 1 N–H and O–H groups in total. The number of fused-ring (bicyclic) bond motifs is 1. The summed E-state index contributed by atoms with van der Waals surface area (Å²) in [6.07, 6.45) is 17.9. The van der Waals surface area contributed by atoms with Crippen LogP contribution in [0.5, 0.6) is 5.75 Å². The number of anilines is 1. The Bertz CT molecular complexity index is 2320. The number of hydrogen-bond acceptors (Lipinski definition) is 8. The van der Waals surface area contributed by atoms with Gasteiger partial charge in [0.05, 0.1) is 21.8 Å². The van der Waals surface area contributed by atoms with Crippen molar-refractivity contribution < 1.29 is 18.1 Å². The Hall–Kier alpha value is -4.22. The van der Waals surface area contributed by atoms with Crippen molar-refractivity contribution in [3.05, 3.63) is 99.4 Å². The van der Waals surface area contributed by atoms with Crippen LogP contribution < -0.4 is 9.64 Å². The zero-order valence-electron chi connectivity index (χ0n) is 35.2. The molecule has 2 aromatic heterocycles. The van der Waals surface area contributed by atoms with Gasteiger partial charge in [0.2, 0.25) is 0 Å². The first-order valence-corrected chi connectivity index (χ1v) is 23.8. The molecule has 10 nitrogen and oxygen atoms in total. The Labute approximate surface area is 349 Å². The van der Waals surface area contributed by atoms with E-state index in [-0.39, 0.29) is 16.3 Å². The molecule has 3 heterocycles. The average Bonchev–Trinajstić information content (AvgIpc) is 3.68. The van der Waals surface area contributed by atoms with Gasteiger partial charge in [0.15, 0.2) is 9.84 Å². The van der Waals surface area contributed by atoms with E-state index in [1.807, 2.05) is 29.8 Å². The summed E-state index contributed by atoms with van der Waals surface area (Å²) in [5.41, 5.74) is 8.06. The van der Waals surface area contributed by atoms with Crippen molar-refractivity contribution in [3.8, 4) is 5.75 Å². The van der Waals surface area contributed by atoms with Crippen LogP contribution in [0, 0.1) is 32.3 Å². The third kappa shape index (κ3) is 8.43. The van der Waals surface area contributed by atoms with Gasteiger partial charge in [-0.15, -0.1) is 0 Å². The Balaban J connectivity index is 0.898. The van der Waals surface area contributed by atoms with Gasteiger partial charge in [-0.3, -0.25) is 15.0 Å². The monoisotopic (exact) mass is 819 g/mol. The summed E-state index contributed by atoms with van der Waals surface area (Å²) < 4.78 is 34.8. The maximum absolute atomic E-state index is 14.2. The van der Waals surface area contributed by atoms with E-state index in [9.17, 15) is 18.5 Å². The molecule has 59 heavy (non-hydrogen) atoms. The topological polar surface area (TPSA) is 122 Å². The van der Waals surface area contributed by atoms with E-state index < -0.39 is 20.9 Å². The van der Waals surface area contributed by atoms with E-state index in [0.717, 1.165) is 63.1 Å². The lowest BCUT2D eigenvalue weighted by atomic mass is 9.33. The number of allylic oxidation sites excluding steroid dienone is 1. The first-order valence-electron chi connectivity index (χ1n) is 22.1. The second-order valence-electron chi connectivity index (χ2n) is 20.0. The van der Waals surface area contributed by atoms with Crippen LogP contribution in [0.15, 0.2) is 83.0 Å². The first-order chi connectivity index (χ1) is 28.3. The van der Waals surface area contributed by atoms with Crippen molar-refractivity contribution in [2.45, 2.75) is 115 Å². The molecule has 5 fully saturated rings. The van der Waals surface area contributed by atoms with Crippen LogP contribution in [-0.2, 0) is 16.3 Å². The minimum atomic E-state index is -4.01. The van der Waals surface area contributed by atoms with Gasteiger partial charge in [0.1, 0.15) is 17.5 Å². The Morgan fingerprint density at radius 1 is 0.966 bits per heavy atom. The summed E-state index contributed by atoms with van der Waals surface area (Å²) in [5.74, 6) is 0.631. The molecule has 2 aromatic carbocycles. The molecule has 4 saturated carbocycles. The zero-order valence-corrected chi connectivity index (χ0v) is 36.0. The van der Waals surface area contributed by atoms with Crippen LogP contribution in [0.4, 0.5) is 11.4 Å². The highest BCUT2D eigenvalue weighted by Gasteiger charge is 2.66. The standard InChI is InChI=1S/C48H61N5O5S/c1-46(2)19-17-38(42(27-46)48-31-47(3,32-48)33-48)29-51-21-23-52(24-22-51)39-14-11-36(12-15-39)44(58-40-25-37-18-20-49-45(37)50-28-40)30-59(56,57)41-16-13-35(43(26-41)53(54)55)10-9-34-7-5-4-6-8-34/h11-16,18,20,25-26,28,34,44H,4-10,17,19,21-24,27,29-33H2,1-3H3,(H,49,50). The number of pyridine rings is 1. The third-order valence-corrected chi connectivity index (χ3v) is 16.4. The Morgan fingerprint density at radius 2 is 1.71 bits per heavy atom. The van der Waals surface area contributed by atoms with E-state index in [4.69, 9.17) is 4.74 Å². The first kappa shape index (κ1) is 40.2. The molecule has 314 valence electrons. The number of aromatic nitrogens is 2. The van der Waals surface area contributed by atoms with Gasteiger partial charge in [-0.05, 0) is 109 Å². The minimum Gasteiger partial charge on any atom is -0.483 e. The number of H-pyrrole nitrogens is 1. The van der Waals surface area contributed by atoms with E-state index in [0.29, 0.717) is 51.1 Å². The maximum Gasteiger partial charge on any atom is 0.273 e. The number of sulfone groups is 1. The molecule has 4 aromatic rings. The number of ether oxygens (including phenoxy) is 1. The zero-order chi connectivity index (χ0) is 41.0. The van der Waals surface area contributed by atoms with Crippen molar-refractivity contribution in [2.75, 3.05) is 43.4 Å². The SMILES string of the molecule is CC1(C)CCC(CN2CCN(c3ccc(C(CS(=O)(=O)c4ccc(CCC5CCCCC5)c([N+](=O)[O-])c4)Oc4cnc5[nH]ccc5c4)cc3)CC2)=C(C23CC(C)(C2)C3)C1. The minimum absolute atomic E-state index is 0.0637. The van der Waals surface area contributed by atoms with Gasteiger partial charge in [0.25, 0.3) is 5.69 Å². The molecule has 1 aliphatic heterocycles. The molecular formula is C48H61N5O5S. The predicted molar refractivity (Wildman–Crippen MR) is 234 cm³/mol. The van der Waals surface area contributed by atoms with Crippen LogP contribution in [0.1, 0.15) is 115 Å². The number of rotatable bonds is 14. The number of aromatic amines is 1. The van der Waals surface area contributed by atoms with Gasteiger partial charge in [-0.1, -0.05) is 82.2 Å². The highest BCUT2D eigenvalue weighted by molar-refractivity contribution is 7.91. The third-order valence-electron chi connectivity index (χ3n) is 14.7. The number of piperazine rings is 1. The molecular weight excluding hydrogens is 759 g/mol. The summed E-state index contributed by atoms with van der Waals surface area (Å²) in [7, 11) is -4.01. The van der Waals surface area contributed by atoms with Crippen molar-refractivity contribution in [1.29, 1.82) is 0 Å². The Kier molecular flexibility index (Phi) is 10.7. The molecule has 6 aliphatic rings. The van der Waals surface area contributed by atoms with E-state index in [2.05, 4.69) is 52.7 Å². The quantitative estimate of drug-likeness (QED) is 0.0758. The van der Waals surface area contributed by atoms with E-state index in [1.54, 1.807) is 24.0 Å². The molecule has 11 heteroatoms. The summed E-state index contributed by atoms with van der Waals surface area (Å²) in [6, 6.07) is 16.2. The number of nitrogens with zero attached hydrogens (tertiary/aromatic N) is 4. The highest BCUT2D eigenvalue weighted by atomic mass is 32.2. The van der Waals surface area contributed by atoms with Crippen molar-refractivity contribution in [3.63, 3.8) is 0 Å². The largest absolute Gasteiger partial charge is 0.483 e. The highest BCUT2D eigenvalue weighted by Crippen LogP contribution is 2.77. The molecule has 0 spiro atoms. The maximum atomic E-state index is 14.2. The summed E-state index contributed by atoms with van der Waals surface area (Å²) in [4.78, 5) is 24.4. The molecule has 0 amide bonds. The number of nitro groups is 1. The number of aryl methyl sites for hydroxylation is 1. The molecule has 10 rings (SSSR count). The Morgan fingerprint density at radius 3 is 2.42 bits per heavy atom. The fourth-order valence-electron chi connectivity index (χ4n) is 11.6. The van der Waals surface area contributed by atoms with Gasteiger partial charge in [-0.2, -0.15) is 0 Å². The summed E-state index contributed by atoms with van der Waals surface area (Å²) in [5, 5.41) is 13.1. The number of nitrogens with one attached hydrogen (secondary N) is 1. The van der Waals surface area contributed by atoms with Crippen molar-refractivity contribution in [1.82, 2.24) is 14.9 Å². The van der Waals surface area contributed by atoms with E-state index >= 15 is 0 Å². The summed E-state index contributed by atoms with van der Waals surface area (Å²) in [6.45, 7) is 12.4. The number of hydrogen-bond donors (Lipinski definition) is 1. The van der Waals surface area contributed by atoms with Gasteiger partial charge >= 0.3 is 0 Å². The van der Waals surface area contributed by atoms with E-state index in [1.165, 1.54) is 69.9 Å². The van der Waals surface area contributed by atoms with Crippen LogP contribution in [-0.4, -0.2) is 66.7 Å². The normalized spacial score (nSPS) is 25.4. The molecule has 1 unspecified atom stereocenters. The van der Waals surface area contributed by atoms with Gasteiger partial charge < -0.3 is 14.6 Å². The van der Waals surface area contributed by atoms with Crippen LogP contribution in [0.25, 0.3) is 11.0 Å². The number of nitro benzene ring substituents is 1. The van der Waals surface area contributed by atoms with Crippen molar-refractivity contribution in [2.24, 2.45) is 22.2 Å². The lowest BCUT2D eigenvalue weighted by Gasteiger charge is -2.72. The lowest BCUT2D eigenvalue weighted by Crippen LogP contribution is -2.61. The van der Waals surface area contributed by atoms with Crippen LogP contribution >= 0.6 is 0 Å². The fourth-order valence-corrected chi connectivity index (χ4v) is 13.0. The smallest absolute Gasteiger partial charge is 0.273 e. The second kappa shape index (κ2) is 15.7. The fraction of sp³-hybridized carbons (Fsp3) is 0.562. The molecule has 1 saturated heterocycles. The molecule has 5 aliphatic carbocycles. The second-order valence-corrected chi connectivity index (χ2v) is 22.0. The van der Waals surface area contributed by atoms with Crippen LogP contribution in [0.2, 0.25) is 0 Å². The molecule has 0 radical (unpaired) electrons. The van der Waals surface area contributed by atoms with Crippen LogP contribution in [0.3, 0.4) is 0 Å². The van der Waals surface area contributed by atoms with Crippen molar-refractivity contribution >= 4 is 32.2 Å². The van der Waals surface area contributed by atoms with Gasteiger partial charge in [-0.25, -0.2) is 13.4 Å².